The largest absolute Gasteiger partial charge is 0.309 e. The summed E-state index contributed by atoms with van der Waals surface area (Å²) in [6, 6.07) is 16.9. The zero-order valence-electron chi connectivity index (χ0n) is 12.4. The van der Waals surface area contributed by atoms with Gasteiger partial charge in [0.25, 0.3) is 0 Å². The summed E-state index contributed by atoms with van der Waals surface area (Å²) in [5.74, 6) is 0. The molecule has 22 heavy (non-hydrogen) atoms. The fraction of sp³-hybridized carbons (Fsp3) is 0.333. The van der Waals surface area contributed by atoms with Crippen LogP contribution in [0.1, 0.15) is 17.5 Å². The molecule has 3 rings (SSSR count). The van der Waals surface area contributed by atoms with Crippen LogP contribution in [0.3, 0.4) is 0 Å². The molecule has 0 bridgehead atoms. The number of hydrogen-bond acceptors (Lipinski definition) is 2. The van der Waals surface area contributed by atoms with Crippen LogP contribution in [0.2, 0.25) is 10.0 Å². The first-order valence-electron chi connectivity index (χ1n) is 7.65. The smallest absolute Gasteiger partial charge is 0.0637 e. The Hall–Kier alpha value is -1.06. The quantitative estimate of drug-likeness (QED) is 0.873. The Labute approximate surface area is 142 Å². The number of halogens is 2. The maximum atomic E-state index is 6.23. The number of likely N-dealkylation sites (tertiary alicyclic amines) is 1. The SMILES string of the molecule is Clc1cccc(CN[C@H]2CCN(Cc3ccccc3)C2)c1Cl. The fourth-order valence-electron chi connectivity index (χ4n) is 2.92. The van der Waals surface area contributed by atoms with Gasteiger partial charge in [-0.25, -0.2) is 0 Å². The lowest BCUT2D eigenvalue weighted by atomic mass is 10.2. The predicted molar refractivity (Wildman–Crippen MR) is 93.4 cm³/mol. The third-order valence-corrected chi connectivity index (χ3v) is 4.99. The van der Waals surface area contributed by atoms with E-state index in [-0.39, 0.29) is 0 Å². The van der Waals surface area contributed by atoms with Gasteiger partial charge in [-0.1, -0.05) is 65.7 Å². The average molecular weight is 335 g/mol. The molecule has 0 aliphatic carbocycles. The highest BCUT2D eigenvalue weighted by Gasteiger charge is 2.22. The molecule has 1 N–H and O–H groups in total. The van der Waals surface area contributed by atoms with Crippen molar-refractivity contribution in [2.45, 2.75) is 25.6 Å². The molecular formula is C18H20Cl2N2. The number of hydrogen-bond donors (Lipinski definition) is 1. The van der Waals surface area contributed by atoms with Crippen LogP contribution < -0.4 is 5.32 Å². The van der Waals surface area contributed by atoms with E-state index in [1.807, 2.05) is 18.2 Å². The molecule has 1 saturated heterocycles. The molecule has 4 heteroatoms. The third-order valence-electron chi connectivity index (χ3n) is 4.13. The molecule has 1 aliphatic heterocycles. The molecular weight excluding hydrogens is 315 g/mol. The molecule has 0 amide bonds. The van der Waals surface area contributed by atoms with Crippen LogP contribution >= 0.6 is 23.2 Å². The van der Waals surface area contributed by atoms with Gasteiger partial charge in [0.1, 0.15) is 0 Å². The molecule has 0 aromatic heterocycles. The van der Waals surface area contributed by atoms with E-state index in [4.69, 9.17) is 23.2 Å². The van der Waals surface area contributed by atoms with Gasteiger partial charge in [0.2, 0.25) is 0 Å². The van der Waals surface area contributed by atoms with Gasteiger partial charge in [0.05, 0.1) is 10.0 Å². The van der Waals surface area contributed by atoms with E-state index in [1.54, 1.807) is 0 Å². The van der Waals surface area contributed by atoms with Crippen molar-refractivity contribution in [3.63, 3.8) is 0 Å². The van der Waals surface area contributed by atoms with Crippen LogP contribution in [0.4, 0.5) is 0 Å². The van der Waals surface area contributed by atoms with Crippen molar-refractivity contribution >= 4 is 23.2 Å². The van der Waals surface area contributed by atoms with Crippen molar-refractivity contribution in [3.05, 3.63) is 69.7 Å². The van der Waals surface area contributed by atoms with Crippen LogP contribution in [0, 0.1) is 0 Å². The lowest BCUT2D eigenvalue weighted by molar-refractivity contribution is 0.320. The van der Waals surface area contributed by atoms with Crippen LogP contribution in [0.15, 0.2) is 48.5 Å². The second-order valence-corrected chi connectivity index (χ2v) is 6.59. The number of nitrogens with one attached hydrogen (secondary N) is 1. The Balaban J connectivity index is 1.50. The summed E-state index contributed by atoms with van der Waals surface area (Å²) in [5, 5.41) is 4.88. The van der Waals surface area contributed by atoms with Crippen molar-refractivity contribution in [3.8, 4) is 0 Å². The summed E-state index contributed by atoms with van der Waals surface area (Å²) < 4.78 is 0. The van der Waals surface area contributed by atoms with Gasteiger partial charge in [-0.15, -0.1) is 0 Å². The number of rotatable bonds is 5. The summed E-state index contributed by atoms with van der Waals surface area (Å²) in [7, 11) is 0. The Morgan fingerprint density at radius 2 is 1.86 bits per heavy atom. The topological polar surface area (TPSA) is 15.3 Å². The lowest BCUT2D eigenvalue weighted by Crippen LogP contribution is -2.32. The summed E-state index contributed by atoms with van der Waals surface area (Å²) >= 11 is 12.3. The first kappa shape index (κ1) is 15.8. The van der Waals surface area contributed by atoms with Crippen molar-refractivity contribution in [2.75, 3.05) is 13.1 Å². The second kappa shape index (κ2) is 7.47. The van der Waals surface area contributed by atoms with E-state index >= 15 is 0 Å². The molecule has 116 valence electrons. The highest BCUT2D eigenvalue weighted by molar-refractivity contribution is 6.42. The standard InChI is InChI=1S/C18H20Cl2N2/c19-17-8-4-7-15(18(17)20)11-21-16-9-10-22(13-16)12-14-5-2-1-3-6-14/h1-8,16,21H,9-13H2/t16-/m0/s1. The highest BCUT2D eigenvalue weighted by Crippen LogP contribution is 2.25. The Morgan fingerprint density at radius 3 is 2.68 bits per heavy atom. The fourth-order valence-corrected chi connectivity index (χ4v) is 3.31. The van der Waals surface area contributed by atoms with Gasteiger partial charge in [-0.3, -0.25) is 4.90 Å². The molecule has 0 unspecified atom stereocenters. The van der Waals surface area contributed by atoms with Crippen molar-refractivity contribution in [1.29, 1.82) is 0 Å². The van der Waals surface area contributed by atoms with E-state index < -0.39 is 0 Å². The molecule has 0 spiro atoms. The molecule has 0 saturated carbocycles. The van der Waals surface area contributed by atoms with E-state index in [9.17, 15) is 0 Å². The maximum Gasteiger partial charge on any atom is 0.0637 e. The molecule has 0 radical (unpaired) electrons. The summed E-state index contributed by atoms with van der Waals surface area (Å²) in [6.45, 7) is 4.00. The molecule has 2 nitrogen and oxygen atoms in total. The minimum Gasteiger partial charge on any atom is -0.309 e. The van der Waals surface area contributed by atoms with Gasteiger partial charge in [0, 0.05) is 32.2 Å². The minimum absolute atomic E-state index is 0.513. The van der Waals surface area contributed by atoms with Gasteiger partial charge in [-0.05, 0) is 23.6 Å². The third kappa shape index (κ3) is 4.02. The lowest BCUT2D eigenvalue weighted by Gasteiger charge is -2.17. The van der Waals surface area contributed by atoms with Gasteiger partial charge < -0.3 is 5.32 Å². The molecule has 1 fully saturated rings. The van der Waals surface area contributed by atoms with Crippen molar-refractivity contribution < 1.29 is 0 Å². The van der Waals surface area contributed by atoms with Crippen molar-refractivity contribution in [2.24, 2.45) is 0 Å². The molecule has 2 aromatic carbocycles. The number of benzene rings is 2. The van der Waals surface area contributed by atoms with Crippen LogP contribution in [-0.2, 0) is 13.1 Å². The molecule has 1 atom stereocenters. The zero-order chi connectivity index (χ0) is 15.4. The first-order valence-corrected chi connectivity index (χ1v) is 8.40. The summed E-state index contributed by atoms with van der Waals surface area (Å²) in [5.41, 5.74) is 2.44. The van der Waals surface area contributed by atoms with Crippen LogP contribution in [0.5, 0.6) is 0 Å². The summed E-state index contributed by atoms with van der Waals surface area (Å²) in [6.07, 6.45) is 1.17. The second-order valence-electron chi connectivity index (χ2n) is 5.80. The van der Waals surface area contributed by atoms with Gasteiger partial charge >= 0.3 is 0 Å². The normalized spacial score (nSPS) is 18.7. The van der Waals surface area contributed by atoms with E-state index in [0.29, 0.717) is 16.1 Å². The molecule has 1 aliphatic rings. The highest BCUT2D eigenvalue weighted by atomic mass is 35.5. The monoisotopic (exact) mass is 334 g/mol. The number of nitrogens with zero attached hydrogens (tertiary/aromatic N) is 1. The summed E-state index contributed by atoms with van der Waals surface area (Å²) in [4.78, 5) is 2.49. The molecule has 1 heterocycles. The Kier molecular flexibility index (Phi) is 5.37. The zero-order valence-corrected chi connectivity index (χ0v) is 13.9. The van der Waals surface area contributed by atoms with E-state index in [0.717, 1.165) is 31.7 Å². The van der Waals surface area contributed by atoms with Gasteiger partial charge in [0.15, 0.2) is 0 Å². The van der Waals surface area contributed by atoms with Crippen LogP contribution in [0.25, 0.3) is 0 Å². The Bertz CT molecular complexity index is 616. The predicted octanol–water partition coefficient (Wildman–Crippen LogP) is 4.36. The van der Waals surface area contributed by atoms with Crippen LogP contribution in [-0.4, -0.2) is 24.0 Å². The van der Waals surface area contributed by atoms with E-state index in [1.165, 1.54) is 12.0 Å². The molecule has 2 aromatic rings. The van der Waals surface area contributed by atoms with Crippen molar-refractivity contribution in [1.82, 2.24) is 10.2 Å². The Morgan fingerprint density at radius 1 is 1.05 bits per heavy atom. The average Bonchev–Trinajstić information content (AvgIpc) is 2.97. The first-order chi connectivity index (χ1) is 10.7. The minimum atomic E-state index is 0.513. The maximum absolute atomic E-state index is 6.23. The van der Waals surface area contributed by atoms with Gasteiger partial charge in [-0.2, -0.15) is 0 Å². The van der Waals surface area contributed by atoms with E-state index in [2.05, 4.69) is 40.5 Å².